The van der Waals surface area contributed by atoms with E-state index in [1.54, 1.807) is 13.8 Å². The SMILES string of the molecule is Cc1cc(C(=O)NNS(=O)(=O)c2cc(Cl)sc2Cl)c(C)o1. The van der Waals surface area contributed by atoms with Crippen LogP contribution in [0.1, 0.15) is 21.9 Å². The Morgan fingerprint density at radius 3 is 2.43 bits per heavy atom. The van der Waals surface area contributed by atoms with Crippen molar-refractivity contribution in [3.05, 3.63) is 37.9 Å². The number of halogens is 2. The van der Waals surface area contributed by atoms with Gasteiger partial charge >= 0.3 is 0 Å². The van der Waals surface area contributed by atoms with Crippen molar-refractivity contribution in [1.82, 2.24) is 10.3 Å². The molecule has 10 heteroatoms. The van der Waals surface area contributed by atoms with E-state index in [1.807, 2.05) is 4.83 Å². The molecule has 0 saturated heterocycles. The van der Waals surface area contributed by atoms with Crippen molar-refractivity contribution in [2.45, 2.75) is 18.7 Å². The number of carbonyl (C=O) groups is 1. The molecule has 0 aliphatic heterocycles. The molecule has 114 valence electrons. The normalized spacial score (nSPS) is 11.6. The maximum Gasteiger partial charge on any atom is 0.269 e. The smallest absolute Gasteiger partial charge is 0.269 e. The molecule has 0 bridgehead atoms. The molecule has 6 nitrogen and oxygen atoms in total. The summed E-state index contributed by atoms with van der Waals surface area (Å²) in [5.41, 5.74) is 2.33. The molecule has 0 atom stereocenters. The predicted molar refractivity (Wildman–Crippen MR) is 80.3 cm³/mol. The summed E-state index contributed by atoms with van der Waals surface area (Å²) in [7, 11) is -4.00. The fourth-order valence-corrected chi connectivity index (χ4v) is 4.59. The summed E-state index contributed by atoms with van der Waals surface area (Å²) < 4.78 is 29.5. The maximum atomic E-state index is 12.0. The summed E-state index contributed by atoms with van der Waals surface area (Å²) in [6.07, 6.45) is 0. The standard InChI is InChI=1S/C11H10Cl2N2O4S2/c1-5-3-7(6(2)19-5)11(16)14-15-21(17,18)8-4-9(12)20-10(8)13/h3-4,15H,1-2H3,(H,14,16). The molecule has 0 radical (unpaired) electrons. The van der Waals surface area contributed by atoms with Crippen LogP contribution < -0.4 is 10.3 Å². The summed E-state index contributed by atoms with van der Waals surface area (Å²) in [5, 5.41) is 0. The highest BCUT2D eigenvalue weighted by Crippen LogP contribution is 2.33. The van der Waals surface area contributed by atoms with Gasteiger partial charge in [0.05, 0.1) is 9.90 Å². The van der Waals surface area contributed by atoms with Gasteiger partial charge in [-0.25, -0.2) is 8.42 Å². The quantitative estimate of drug-likeness (QED) is 0.812. The van der Waals surface area contributed by atoms with E-state index in [4.69, 9.17) is 27.6 Å². The number of rotatable bonds is 4. The average molecular weight is 369 g/mol. The molecular formula is C11H10Cl2N2O4S2. The van der Waals surface area contributed by atoms with Crippen LogP contribution in [0.4, 0.5) is 0 Å². The van der Waals surface area contributed by atoms with Crippen molar-refractivity contribution in [3.63, 3.8) is 0 Å². The third-order valence-corrected chi connectivity index (χ3v) is 5.50. The summed E-state index contributed by atoms with van der Waals surface area (Å²) in [5.74, 6) is 0.305. The average Bonchev–Trinajstić information content (AvgIpc) is 2.89. The van der Waals surface area contributed by atoms with Crippen LogP contribution in [0.2, 0.25) is 8.67 Å². The second-order valence-corrected chi connectivity index (χ2v) is 8.01. The molecule has 21 heavy (non-hydrogen) atoms. The minimum Gasteiger partial charge on any atom is -0.466 e. The second kappa shape index (κ2) is 5.98. The Hall–Kier alpha value is -1.06. The van der Waals surface area contributed by atoms with E-state index in [0.29, 0.717) is 11.5 Å². The molecule has 0 aliphatic carbocycles. The van der Waals surface area contributed by atoms with Crippen molar-refractivity contribution in [1.29, 1.82) is 0 Å². The number of hydrogen-bond acceptors (Lipinski definition) is 5. The highest BCUT2D eigenvalue weighted by Gasteiger charge is 2.22. The first-order valence-corrected chi connectivity index (χ1v) is 8.60. The number of hydrogen-bond donors (Lipinski definition) is 2. The minimum absolute atomic E-state index is 0.0112. The third kappa shape index (κ3) is 3.58. The molecule has 2 aromatic rings. The number of thiophene rings is 1. The summed E-state index contributed by atoms with van der Waals surface area (Å²) in [6, 6.07) is 2.71. The summed E-state index contributed by atoms with van der Waals surface area (Å²) in [4.78, 5) is 13.7. The number of furan rings is 1. The molecule has 2 aromatic heterocycles. The first kappa shape index (κ1) is 16.3. The molecule has 0 aliphatic rings. The molecule has 1 amide bonds. The molecule has 0 fully saturated rings. The Labute approximate surface area is 135 Å². The van der Waals surface area contributed by atoms with Gasteiger partial charge in [-0.3, -0.25) is 10.2 Å². The van der Waals surface area contributed by atoms with Gasteiger partial charge in [0.1, 0.15) is 20.8 Å². The van der Waals surface area contributed by atoms with Gasteiger partial charge in [-0.05, 0) is 26.0 Å². The molecule has 0 spiro atoms. The van der Waals surface area contributed by atoms with Crippen molar-refractivity contribution in [3.8, 4) is 0 Å². The highest BCUT2D eigenvalue weighted by atomic mass is 35.5. The van der Waals surface area contributed by atoms with Crippen molar-refractivity contribution >= 4 is 50.5 Å². The Kier molecular flexibility index (Phi) is 4.64. The Balaban J connectivity index is 2.14. The Morgan fingerprint density at radius 2 is 1.95 bits per heavy atom. The molecule has 0 unspecified atom stereocenters. The lowest BCUT2D eigenvalue weighted by Crippen LogP contribution is -2.41. The number of carbonyl (C=O) groups excluding carboxylic acids is 1. The summed E-state index contributed by atoms with van der Waals surface area (Å²) >= 11 is 12.4. The topological polar surface area (TPSA) is 88.4 Å². The Bertz CT molecular complexity index is 795. The number of aryl methyl sites for hydroxylation is 2. The zero-order chi connectivity index (χ0) is 15.8. The molecule has 2 N–H and O–H groups in total. The molecule has 0 saturated carbocycles. The zero-order valence-electron chi connectivity index (χ0n) is 10.9. The minimum atomic E-state index is -4.00. The van der Waals surface area contributed by atoms with E-state index < -0.39 is 15.9 Å². The molecular weight excluding hydrogens is 359 g/mol. The predicted octanol–water partition coefficient (Wildman–Crippen LogP) is 2.89. The second-order valence-electron chi connectivity index (χ2n) is 4.08. The van der Waals surface area contributed by atoms with Crippen molar-refractivity contribution in [2.24, 2.45) is 0 Å². The lowest BCUT2D eigenvalue weighted by molar-refractivity contribution is 0.0943. The van der Waals surface area contributed by atoms with Gasteiger partial charge in [0.15, 0.2) is 0 Å². The number of nitrogens with one attached hydrogen (secondary N) is 2. The zero-order valence-corrected chi connectivity index (χ0v) is 14.0. The number of hydrazine groups is 1. The summed E-state index contributed by atoms with van der Waals surface area (Å²) in [6.45, 7) is 3.28. The largest absolute Gasteiger partial charge is 0.466 e. The van der Waals surface area contributed by atoms with Crippen LogP contribution in [0.15, 0.2) is 21.4 Å². The van der Waals surface area contributed by atoms with E-state index in [9.17, 15) is 13.2 Å². The highest BCUT2D eigenvalue weighted by molar-refractivity contribution is 7.89. The fourth-order valence-electron chi connectivity index (χ4n) is 1.60. The molecule has 0 aromatic carbocycles. The van der Waals surface area contributed by atoms with Crippen LogP contribution in [0, 0.1) is 13.8 Å². The van der Waals surface area contributed by atoms with Gasteiger partial charge < -0.3 is 4.42 Å². The monoisotopic (exact) mass is 368 g/mol. The van der Waals surface area contributed by atoms with Crippen molar-refractivity contribution in [2.75, 3.05) is 0 Å². The van der Waals surface area contributed by atoms with Gasteiger partial charge in [0.25, 0.3) is 15.9 Å². The third-order valence-electron chi connectivity index (χ3n) is 2.50. The van der Waals surface area contributed by atoms with Crippen LogP contribution >= 0.6 is 34.5 Å². The first-order valence-electron chi connectivity index (χ1n) is 5.54. The first-order chi connectivity index (χ1) is 9.70. The molecule has 2 heterocycles. The number of amides is 1. The van der Waals surface area contributed by atoms with Crippen molar-refractivity contribution < 1.29 is 17.6 Å². The van der Waals surface area contributed by atoms with E-state index in [2.05, 4.69) is 5.43 Å². The number of sulfonamides is 1. The van der Waals surface area contributed by atoms with E-state index in [1.165, 1.54) is 12.1 Å². The van der Waals surface area contributed by atoms with Crippen LogP contribution in [-0.2, 0) is 10.0 Å². The Morgan fingerprint density at radius 1 is 1.29 bits per heavy atom. The van der Waals surface area contributed by atoms with Gasteiger partial charge in [-0.1, -0.05) is 23.2 Å². The lowest BCUT2D eigenvalue weighted by Gasteiger charge is -2.06. The van der Waals surface area contributed by atoms with Crippen LogP contribution in [0.3, 0.4) is 0 Å². The van der Waals surface area contributed by atoms with Crippen LogP contribution in [-0.4, -0.2) is 14.3 Å². The lowest BCUT2D eigenvalue weighted by atomic mass is 10.2. The van der Waals surface area contributed by atoms with Gasteiger partial charge in [0.2, 0.25) is 0 Å². The fraction of sp³-hybridized carbons (Fsp3) is 0.182. The van der Waals surface area contributed by atoms with Gasteiger partial charge in [-0.2, -0.15) is 0 Å². The van der Waals surface area contributed by atoms with E-state index in [-0.39, 0.29) is 19.1 Å². The van der Waals surface area contributed by atoms with Gasteiger partial charge in [-0.15, -0.1) is 16.2 Å². The van der Waals surface area contributed by atoms with Crippen LogP contribution in [0.25, 0.3) is 0 Å². The van der Waals surface area contributed by atoms with E-state index in [0.717, 1.165) is 11.3 Å². The molecule has 2 rings (SSSR count). The van der Waals surface area contributed by atoms with Crippen LogP contribution in [0.5, 0.6) is 0 Å². The maximum absolute atomic E-state index is 12.0. The van der Waals surface area contributed by atoms with Gasteiger partial charge in [0, 0.05) is 0 Å². The van der Waals surface area contributed by atoms with E-state index >= 15 is 0 Å².